The minimum atomic E-state index is 0.223. The van der Waals surface area contributed by atoms with Crippen LogP contribution in [-0.2, 0) is 4.74 Å². The predicted molar refractivity (Wildman–Crippen MR) is 71.7 cm³/mol. The van der Waals surface area contributed by atoms with Crippen molar-refractivity contribution in [3.63, 3.8) is 0 Å². The van der Waals surface area contributed by atoms with E-state index in [4.69, 9.17) is 4.74 Å². The molecule has 0 spiro atoms. The van der Waals surface area contributed by atoms with Crippen molar-refractivity contribution in [2.75, 3.05) is 11.9 Å². The largest absolute Gasteiger partial charge is 0.379 e. The van der Waals surface area contributed by atoms with Gasteiger partial charge in [0.15, 0.2) is 0 Å². The van der Waals surface area contributed by atoms with Crippen LogP contribution in [0.5, 0.6) is 0 Å². The summed E-state index contributed by atoms with van der Waals surface area (Å²) >= 11 is 0. The average molecular weight is 249 g/mol. The molecule has 1 N–H and O–H groups in total. The molecule has 100 valence electrons. The maximum atomic E-state index is 5.82. The van der Waals surface area contributed by atoms with Crippen LogP contribution < -0.4 is 5.32 Å². The lowest BCUT2D eigenvalue weighted by Crippen LogP contribution is -2.63. The van der Waals surface area contributed by atoms with Crippen molar-refractivity contribution < 1.29 is 4.74 Å². The molecule has 18 heavy (non-hydrogen) atoms. The third-order valence-electron chi connectivity index (χ3n) is 4.55. The Morgan fingerprint density at radius 1 is 1.50 bits per heavy atom. The summed E-state index contributed by atoms with van der Waals surface area (Å²) in [5.41, 5.74) is 1.35. The van der Waals surface area contributed by atoms with Crippen LogP contribution in [0.2, 0.25) is 0 Å². The van der Waals surface area contributed by atoms with Crippen LogP contribution in [0.4, 0.5) is 5.69 Å². The van der Waals surface area contributed by atoms with Crippen LogP contribution in [0.25, 0.3) is 0 Å². The monoisotopic (exact) mass is 249 g/mol. The van der Waals surface area contributed by atoms with Gasteiger partial charge in [0.2, 0.25) is 0 Å². The molecule has 1 aliphatic heterocycles. The third kappa shape index (κ3) is 1.66. The summed E-state index contributed by atoms with van der Waals surface area (Å²) < 4.78 is 7.81. The number of hydrogen-bond donors (Lipinski definition) is 1. The maximum absolute atomic E-state index is 5.82. The second kappa shape index (κ2) is 3.98. The summed E-state index contributed by atoms with van der Waals surface area (Å²) in [6.45, 7) is 9.80. The van der Waals surface area contributed by atoms with Crippen molar-refractivity contribution in [1.82, 2.24) is 9.78 Å². The Balaban J connectivity index is 1.72. The molecule has 0 amide bonds. The number of ether oxygens (including phenoxy) is 1. The normalized spacial score (nSPS) is 33.3. The van der Waals surface area contributed by atoms with Crippen molar-refractivity contribution in [1.29, 1.82) is 0 Å². The van der Waals surface area contributed by atoms with Crippen molar-refractivity contribution >= 4 is 5.69 Å². The van der Waals surface area contributed by atoms with E-state index in [1.54, 1.807) is 0 Å². The topological polar surface area (TPSA) is 39.1 Å². The van der Waals surface area contributed by atoms with Gasteiger partial charge in [-0.3, -0.25) is 4.68 Å². The van der Waals surface area contributed by atoms with E-state index in [9.17, 15) is 0 Å². The summed E-state index contributed by atoms with van der Waals surface area (Å²) in [4.78, 5) is 0. The summed E-state index contributed by atoms with van der Waals surface area (Å²) in [6.07, 6.45) is 5.66. The highest BCUT2D eigenvalue weighted by Gasteiger charge is 2.59. The number of aromatic nitrogens is 2. The van der Waals surface area contributed by atoms with Crippen LogP contribution in [0.1, 0.15) is 40.2 Å². The number of hydrogen-bond acceptors (Lipinski definition) is 3. The van der Waals surface area contributed by atoms with Crippen molar-refractivity contribution in [3.8, 4) is 0 Å². The van der Waals surface area contributed by atoms with Gasteiger partial charge in [0.05, 0.1) is 18.0 Å². The highest BCUT2D eigenvalue weighted by molar-refractivity contribution is 5.42. The molecule has 2 aliphatic rings. The molecule has 1 aromatic heterocycles. The van der Waals surface area contributed by atoms with Gasteiger partial charge in [-0.05, 0) is 20.3 Å². The fourth-order valence-corrected chi connectivity index (χ4v) is 3.49. The van der Waals surface area contributed by atoms with E-state index >= 15 is 0 Å². The lowest BCUT2D eigenvalue weighted by Gasteiger charge is -2.54. The molecule has 1 aliphatic carbocycles. The van der Waals surface area contributed by atoms with Gasteiger partial charge in [-0.15, -0.1) is 0 Å². The maximum Gasteiger partial charge on any atom is 0.0729 e. The highest BCUT2D eigenvalue weighted by atomic mass is 16.5. The minimum absolute atomic E-state index is 0.223. The third-order valence-corrected chi connectivity index (χ3v) is 4.55. The Kier molecular flexibility index (Phi) is 2.66. The highest BCUT2D eigenvalue weighted by Crippen LogP contribution is 2.53. The molecule has 4 heteroatoms. The second-order valence-electron chi connectivity index (χ2n) is 6.49. The molecule has 0 bridgehead atoms. The Morgan fingerprint density at radius 3 is 2.94 bits per heavy atom. The molecular formula is C14H23N3O. The summed E-state index contributed by atoms with van der Waals surface area (Å²) in [5.74, 6) is 0.669. The van der Waals surface area contributed by atoms with Gasteiger partial charge in [0.25, 0.3) is 0 Å². The van der Waals surface area contributed by atoms with Gasteiger partial charge in [-0.2, -0.15) is 5.10 Å². The summed E-state index contributed by atoms with van der Waals surface area (Å²) in [6, 6.07) is 0.923. The first-order valence-corrected chi connectivity index (χ1v) is 6.92. The molecule has 2 fully saturated rings. The smallest absolute Gasteiger partial charge is 0.0729 e. The molecular weight excluding hydrogens is 226 g/mol. The average Bonchev–Trinajstić information content (AvgIpc) is 2.94. The van der Waals surface area contributed by atoms with E-state index in [0.717, 1.165) is 12.3 Å². The number of nitrogens with zero attached hydrogens (tertiary/aromatic N) is 2. The quantitative estimate of drug-likeness (QED) is 0.895. The molecule has 1 saturated carbocycles. The first-order valence-electron chi connectivity index (χ1n) is 6.92. The van der Waals surface area contributed by atoms with Crippen LogP contribution in [0, 0.1) is 11.3 Å². The van der Waals surface area contributed by atoms with Crippen molar-refractivity contribution in [2.24, 2.45) is 11.3 Å². The zero-order valence-electron chi connectivity index (χ0n) is 11.7. The molecule has 3 unspecified atom stereocenters. The Morgan fingerprint density at radius 2 is 2.28 bits per heavy atom. The molecule has 1 saturated heterocycles. The van der Waals surface area contributed by atoms with E-state index in [0.29, 0.717) is 24.1 Å². The van der Waals surface area contributed by atoms with Crippen LogP contribution in [0.3, 0.4) is 0 Å². The van der Waals surface area contributed by atoms with E-state index < -0.39 is 0 Å². The van der Waals surface area contributed by atoms with Crippen molar-refractivity contribution in [3.05, 3.63) is 12.4 Å². The zero-order chi connectivity index (χ0) is 12.9. The first kappa shape index (κ1) is 12.0. The summed E-state index contributed by atoms with van der Waals surface area (Å²) in [5, 5.41) is 8.04. The fourth-order valence-electron chi connectivity index (χ4n) is 3.49. The number of anilines is 1. The lowest BCUT2D eigenvalue weighted by molar-refractivity contribution is -0.0923. The van der Waals surface area contributed by atoms with E-state index in [1.165, 1.54) is 6.42 Å². The summed E-state index contributed by atoms with van der Waals surface area (Å²) in [7, 11) is 0. The number of nitrogens with one attached hydrogen (secondary N) is 1. The Bertz CT molecular complexity index is 438. The van der Waals surface area contributed by atoms with Crippen LogP contribution in [-0.4, -0.2) is 28.5 Å². The van der Waals surface area contributed by atoms with Crippen LogP contribution >= 0.6 is 0 Å². The van der Waals surface area contributed by atoms with E-state index in [-0.39, 0.29) is 5.41 Å². The number of fused-ring (bicyclic) bond motifs is 1. The molecule has 0 radical (unpaired) electrons. The standard InChI is InChI=1S/C14H23N3O/c1-9(2)17-8-10(7-15-17)16-12-11-5-6-18-13(11)14(12,3)4/h7-9,11-13,16H,5-6H2,1-4H3. The molecule has 4 nitrogen and oxygen atoms in total. The van der Waals surface area contributed by atoms with E-state index in [2.05, 4.69) is 44.3 Å². The van der Waals surface area contributed by atoms with Gasteiger partial charge >= 0.3 is 0 Å². The molecule has 3 atom stereocenters. The van der Waals surface area contributed by atoms with Gasteiger partial charge < -0.3 is 10.1 Å². The van der Waals surface area contributed by atoms with Gasteiger partial charge in [0, 0.05) is 36.2 Å². The van der Waals surface area contributed by atoms with E-state index in [1.807, 2.05) is 10.9 Å². The minimum Gasteiger partial charge on any atom is -0.379 e. The van der Waals surface area contributed by atoms with Crippen LogP contribution in [0.15, 0.2) is 12.4 Å². The van der Waals surface area contributed by atoms with Gasteiger partial charge in [0.1, 0.15) is 0 Å². The SMILES string of the molecule is CC(C)n1cc(NC2C3CCOC3C2(C)C)cn1. The molecule has 3 rings (SSSR count). The lowest BCUT2D eigenvalue weighted by atomic mass is 9.57. The molecule has 2 heterocycles. The van der Waals surface area contributed by atoms with Crippen molar-refractivity contribution in [2.45, 2.75) is 52.3 Å². The van der Waals surface area contributed by atoms with Gasteiger partial charge in [-0.1, -0.05) is 13.8 Å². The first-order chi connectivity index (χ1) is 8.50. The molecule has 1 aromatic rings. The second-order valence-corrected chi connectivity index (χ2v) is 6.49. The predicted octanol–water partition coefficient (Wildman–Crippen LogP) is 2.69. The molecule has 0 aromatic carbocycles. The fraction of sp³-hybridized carbons (Fsp3) is 0.786. The zero-order valence-corrected chi connectivity index (χ0v) is 11.7. The Labute approximate surface area is 109 Å². The number of rotatable bonds is 3. The van der Waals surface area contributed by atoms with Gasteiger partial charge in [-0.25, -0.2) is 0 Å². The Hall–Kier alpha value is -1.03.